The van der Waals surface area contributed by atoms with Crippen molar-refractivity contribution in [1.82, 2.24) is 5.32 Å². The monoisotopic (exact) mass is 503 g/mol. The number of hydrogen-bond acceptors (Lipinski definition) is 10. The minimum atomic E-state index is -1.09. The first-order valence-electron chi connectivity index (χ1n) is 12.2. The lowest BCUT2D eigenvalue weighted by molar-refractivity contribution is -0.281. The van der Waals surface area contributed by atoms with E-state index in [1.165, 1.54) is 53.6 Å². The van der Waals surface area contributed by atoms with Gasteiger partial charge in [-0.25, -0.2) is 4.79 Å². The van der Waals surface area contributed by atoms with E-state index < -0.39 is 61.1 Å². The molecule has 0 unspecified atom stereocenters. The Bertz CT molecular complexity index is 671. The summed E-state index contributed by atoms with van der Waals surface area (Å²) in [6.45, 7) is 5.59. The molecular formula is C24H41NO10. The third kappa shape index (κ3) is 12.3. The summed E-state index contributed by atoms with van der Waals surface area (Å²) in [7, 11) is 1.21. The van der Waals surface area contributed by atoms with Crippen LogP contribution in [-0.4, -0.2) is 81.4 Å². The van der Waals surface area contributed by atoms with Gasteiger partial charge in [-0.2, -0.15) is 0 Å². The fourth-order valence-electron chi connectivity index (χ4n) is 3.78. The van der Waals surface area contributed by atoms with Crippen molar-refractivity contribution >= 4 is 23.8 Å². The molecule has 0 bridgehead atoms. The zero-order valence-electron chi connectivity index (χ0n) is 21.5. The molecule has 1 heterocycles. The second-order valence-corrected chi connectivity index (χ2v) is 8.49. The van der Waals surface area contributed by atoms with Gasteiger partial charge in [0, 0.05) is 27.4 Å². The van der Waals surface area contributed by atoms with Crippen molar-refractivity contribution in [1.29, 1.82) is 0 Å². The van der Waals surface area contributed by atoms with Gasteiger partial charge in [0.25, 0.3) is 0 Å². The normalized spacial score (nSPS) is 23.9. The van der Waals surface area contributed by atoms with E-state index >= 15 is 0 Å². The highest BCUT2D eigenvalue weighted by Crippen LogP contribution is 2.28. The average molecular weight is 504 g/mol. The topological polar surface area (TPSA) is 136 Å². The standard InChI is InChI=1S/C24H41NO10/c1-6-7-8-9-10-11-12-13-31-24-21(25-16(2)26)23(33-15-20(29)30-5)22(34-18(4)28)19(35-24)14-32-17(3)27/h19,21-24H,6-15H2,1-5H3,(H,25,26)/t19-,21-,22+,23+,24-/m1/s1. The minimum Gasteiger partial charge on any atom is -0.467 e. The quantitative estimate of drug-likeness (QED) is 0.189. The Hall–Kier alpha value is -2.24. The van der Waals surface area contributed by atoms with Crippen LogP contribution in [0.25, 0.3) is 0 Å². The second kappa shape index (κ2) is 17.2. The molecule has 35 heavy (non-hydrogen) atoms. The van der Waals surface area contributed by atoms with E-state index in [1.807, 2.05) is 0 Å². The number of amides is 1. The average Bonchev–Trinajstić information content (AvgIpc) is 2.79. The summed E-state index contributed by atoms with van der Waals surface area (Å²) in [6.07, 6.45) is 3.59. The number of hydrogen-bond donors (Lipinski definition) is 1. The van der Waals surface area contributed by atoms with Gasteiger partial charge in [0.05, 0.1) is 7.11 Å². The summed E-state index contributed by atoms with van der Waals surface area (Å²) >= 11 is 0. The number of nitrogens with one attached hydrogen (secondary N) is 1. The van der Waals surface area contributed by atoms with E-state index in [0.29, 0.717) is 6.61 Å². The Morgan fingerprint density at radius 2 is 1.51 bits per heavy atom. The Morgan fingerprint density at radius 1 is 0.857 bits per heavy atom. The maximum atomic E-state index is 12.0. The second-order valence-electron chi connectivity index (χ2n) is 8.49. The largest absolute Gasteiger partial charge is 0.467 e. The van der Waals surface area contributed by atoms with Crippen LogP contribution < -0.4 is 5.32 Å². The molecule has 1 fully saturated rings. The predicted molar refractivity (Wildman–Crippen MR) is 124 cm³/mol. The van der Waals surface area contributed by atoms with Crippen molar-refractivity contribution in [2.45, 2.75) is 103 Å². The lowest BCUT2D eigenvalue weighted by atomic mass is 9.96. The molecule has 0 aromatic carbocycles. The number of carbonyl (C=O) groups is 4. The molecule has 11 nitrogen and oxygen atoms in total. The van der Waals surface area contributed by atoms with Crippen LogP contribution in [0.15, 0.2) is 0 Å². The highest BCUT2D eigenvalue weighted by molar-refractivity contribution is 5.73. The molecule has 1 rings (SSSR count). The third-order valence-electron chi connectivity index (χ3n) is 5.42. The van der Waals surface area contributed by atoms with Crippen LogP contribution >= 0.6 is 0 Å². The van der Waals surface area contributed by atoms with Crippen molar-refractivity contribution in [3.05, 3.63) is 0 Å². The number of ether oxygens (including phenoxy) is 6. The highest BCUT2D eigenvalue weighted by atomic mass is 16.7. The highest BCUT2D eigenvalue weighted by Gasteiger charge is 2.50. The Morgan fingerprint density at radius 3 is 2.09 bits per heavy atom. The fraction of sp³-hybridized carbons (Fsp3) is 0.833. The van der Waals surface area contributed by atoms with Crippen LogP contribution in [0.2, 0.25) is 0 Å². The van der Waals surface area contributed by atoms with Crippen LogP contribution in [0.3, 0.4) is 0 Å². The molecule has 0 spiro atoms. The number of carbonyl (C=O) groups excluding carboxylic acids is 4. The van der Waals surface area contributed by atoms with E-state index in [2.05, 4.69) is 17.0 Å². The van der Waals surface area contributed by atoms with Gasteiger partial charge in [0.1, 0.15) is 31.5 Å². The maximum absolute atomic E-state index is 12.0. The van der Waals surface area contributed by atoms with Crippen molar-refractivity contribution < 1.29 is 47.6 Å². The van der Waals surface area contributed by atoms with Crippen LogP contribution in [0.5, 0.6) is 0 Å². The molecule has 1 amide bonds. The third-order valence-corrected chi connectivity index (χ3v) is 5.42. The molecule has 0 aliphatic carbocycles. The molecule has 0 saturated carbocycles. The minimum absolute atomic E-state index is 0.241. The fourth-order valence-corrected chi connectivity index (χ4v) is 3.78. The number of methoxy groups -OCH3 is 1. The molecule has 5 atom stereocenters. The SMILES string of the molecule is CCCCCCCCCO[C@@H]1O[C@H](COC(C)=O)[C@H](OC(C)=O)[C@@H](OCC(=O)OC)[C@H]1NC(C)=O. The van der Waals surface area contributed by atoms with E-state index in [0.717, 1.165) is 19.3 Å². The van der Waals surface area contributed by atoms with Crippen molar-refractivity contribution in [3.63, 3.8) is 0 Å². The van der Waals surface area contributed by atoms with Gasteiger partial charge >= 0.3 is 17.9 Å². The molecule has 0 aromatic heterocycles. The predicted octanol–water partition coefficient (Wildman–Crippen LogP) is 2.04. The van der Waals surface area contributed by atoms with E-state index in [9.17, 15) is 19.2 Å². The molecule has 1 N–H and O–H groups in total. The lowest BCUT2D eigenvalue weighted by Gasteiger charge is -2.45. The molecule has 1 aliphatic rings. The summed E-state index contributed by atoms with van der Waals surface area (Å²) in [6, 6.07) is -0.903. The Kier molecular flexibility index (Phi) is 15.2. The van der Waals surface area contributed by atoms with E-state index in [1.54, 1.807) is 0 Å². The first-order valence-corrected chi connectivity index (χ1v) is 12.2. The summed E-state index contributed by atoms with van der Waals surface area (Å²) in [4.78, 5) is 47.0. The summed E-state index contributed by atoms with van der Waals surface area (Å²) in [5.74, 6) is -2.24. The molecule has 1 aliphatic heterocycles. The van der Waals surface area contributed by atoms with Crippen LogP contribution in [-0.2, 0) is 47.6 Å². The lowest BCUT2D eigenvalue weighted by Crippen LogP contribution is -2.66. The van der Waals surface area contributed by atoms with Gasteiger partial charge in [-0.1, -0.05) is 45.4 Å². The van der Waals surface area contributed by atoms with Gasteiger partial charge < -0.3 is 33.7 Å². The Balaban J connectivity index is 3.01. The van der Waals surface area contributed by atoms with Gasteiger partial charge in [-0.15, -0.1) is 0 Å². The van der Waals surface area contributed by atoms with E-state index in [-0.39, 0.29) is 6.61 Å². The van der Waals surface area contributed by atoms with Crippen LogP contribution in [0, 0.1) is 0 Å². The smallest absolute Gasteiger partial charge is 0.331 e. The maximum Gasteiger partial charge on any atom is 0.331 e. The molecule has 11 heteroatoms. The first kappa shape index (κ1) is 30.8. The van der Waals surface area contributed by atoms with Gasteiger partial charge in [0.15, 0.2) is 12.4 Å². The van der Waals surface area contributed by atoms with Crippen molar-refractivity contribution in [2.75, 3.05) is 26.9 Å². The van der Waals surface area contributed by atoms with Crippen LogP contribution in [0.4, 0.5) is 0 Å². The molecule has 0 radical (unpaired) electrons. The number of esters is 3. The summed E-state index contributed by atoms with van der Waals surface area (Å²) < 4.78 is 32.9. The van der Waals surface area contributed by atoms with Crippen molar-refractivity contribution in [2.24, 2.45) is 0 Å². The summed E-state index contributed by atoms with van der Waals surface area (Å²) in [5.41, 5.74) is 0. The first-order chi connectivity index (χ1) is 16.7. The van der Waals surface area contributed by atoms with E-state index in [4.69, 9.17) is 23.7 Å². The van der Waals surface area contributed by atoms with Gasteiger partial charge in [-0.05, 0) is 6.42 Å². The molecule has 1 saturated heterocycles. The van der Waals surface area contributed by atoms with Gasteiger partial charge in [0.2, 0.25) is 5.91 Å². The van der Waals surface area contributed by atoms with Gasteiger partial charge in [-0.3, -0.25) is 14.4 Å². The molecule has 202 valence electrons. The van der Waals surface area contributed by atoms with Crippen molar-refractivity contribution in [3.8, 4) is 0 Å². The number of rotatable bonds is 16. The summed E-state index contributed by atoms with van der Waals surface area (Å²) in [5, 5.41) is 2.72. The molecular weight excluding hydrogens is 462 g/mol. The Labute approximate surface area is 207 Å². The molecule has 0 aromatic rings. The number of unbranched alkanes of at least 4 members (excludes halogenated alkanes) is 6. The zero-order valence-corrected chi connectivity index (χ0v) is 21.5. The van der Waals surface area contributed by atoms with Crippen LogP contribution in [0.1, 0.15) is 72.6 Å². The zero-order chi connectivity index (χ0) is 26.2.